The lowest BCUT2D eigenvalue weighted by atomic mass is 9.97. The number of nitrogens with one attached hydrogen (secondary N) is 4. The van der Waals surface area contributed by atoms with Gasteiger partial charge in [0.05, 0.1) is 12.8 Å². The van der Waals surface area contributed by atoms with E-state index in [0.717, 1.165) is 12.8 Å². The number of carboxylic acids is 2. The van der Waals surface area contributed by atoms with Crippen LogP contribution in [-0.2, 0) is 33.6 Å². The van der Waals surface area contributed by atoms with Crippen molar-refractivity contribution in [2.75, 3.05) is 13.1 Å². The maximum atomic E-state index is 13.5. The molecule has 5 amide bonds. The van der Waals surface area contributed by atoms with Gasteiger partial charge in [-0.2, -0.15) is 0 Å². The van der Waals surface area contributed by atoms with Crippen LogP contribution in [0.3, 0.4) is 0 Å². The van der Waals surface area contributed by atoms with Crippen LogP contribution in [-0.4, -0.2) is 93.8 Å². The second-order valence-corrected chi connectivity index (χ2v) is 12.1. The monoisotopic (exact) mass is 611 g/mol. The van der Waals surface area contributed by atoms with Crippen molar-refractivity contribution in [1.29, 1.82) is 0 Å². The number of aliphatic carboxylic acids is 2. The molecule has 43 heavy (non-hydrogen) atoms. The van der Waals surface area contributed by atoms with Crippen LogP contribution in [0.5, 0.6) is 0 Å². The Morgan fingerprint density at radius 3 is 1.65 bits per heavy atom. The molecule has 1 rings (SSSR count). The summed E-state index contributed by atoms with van der Waals surface area (Å²) in [4.78, 5) is 90.2. The van der Waals surface area contributed by atoms with Gasteiger partial charge in [0.2, 0.25) is 29.5 Å². The van der Waals surface area contributed by atoms with Crippen molar-refractivity contribution in [2.24, 2.45) is 17.8 Å². The average Bonchev–Trinajstić information content (AvgIpc) is 3.44. The maximum absolute atomic E-state index is 13.5. The van der Waals surface area contributed by atoms with Gasteiger partial charge >= 0.3 is 11.9 Å². The summed E-state index contributed by atoms with van der Waals surface area (Å²) in [7, 11) is 0. The van der Waals surface area contributed by atoms with E-state index in [1.807, 2.05) is 20.8 Å². The molecule has 244 valence electrons. The lowest BCUT2D eigenvalue weighted by Crippen LogP contribution is -2.59. The summed E-state index contributed by atoms with van der Waals surface area (Å²) in [6.07, 6.45) is 1.01. The van der Waals surface area contributed by atoms with E-state index in [1.54, 1.807) is 25.7 Å². The van der Waals surface area contributed by atoms with E-state index in [1.165, 1.54) is 0 Å². The summed E-state index contributed by atoms with van der Waals surface area (Å²) in [6, 6.07) is -5.52. The summed E-state index contributed by atoms with van der Waals surface area (Å²) in [5, 5.41) is 28.7. The molecule has 1 aliphatic heterocycles. The number of carbonyl (C=O) groups is 7. The molecule has 0 aromatic carbocycles. The van der Waals surface area contributed by atoms with Gasteiger partial charge in [0, 0.05) is 19.5 Å². The normalized spacial score (nSPS) is 16.5. The Hall–Kier alpha value is -3.71. The van der Waals surface area contributed by atoms with Crippen molar-refractivity contribution < 1.29 is 43.8 Å². The van der Waals surface area contributed by atoms with E-state index in [-0.39, 0.29) is 36.5 Å². The summed E-state index contributed by atoms with van der Waals surface area (Å²) in [5.41, 5.74) is 0. The van der Waals surface area contributed by atoms with Gasteiger partial charge in [0.1, 0.15) is 24.2 Å². The topological polar surface area (TPSA) is 211 Å². The average molecular weight is 612 g/mol. The molecule has 0 unspecified atom stereocenters. The zero-order valence-electron chi connectivity index (χ0n) is 26.1. The van der Waals surface area contributed by atoms with Crippen LogP contribution in [0.15, 0.2) is 0 Å². The number of nitrogens with zero attached hydrogens (tertiary/aromatic N) is 1. The van der Waals surface area contributed by atoms with Crippen molar-refractivity contribution in [1.82, 2.24) is 26.2 Å². The van der Waals surface area contributed by atoms with Crippen molar-refractivity contribution in [3.63, 3.8) is 0 Å². The maximum Gasteiger partial charge on any atom is 0.326 e. The van der Waals surface area contributed by atoms with Crippen LogP contribution in [0.4, 0.5) is 0 Å². The minimum atomic E-state index is -1.68. The lowest BCUT2D eigenvalue weighted by molar-refractivity contribution is -0.144. The zero-order valence-corrected chi connectivity index (χ0v) is 26.1. The highest BCUT2D eigenvalue weighted by Crippen LogP contribution is 2.14. The smallest absolute Gasteiger partial charge is 0.326 e. The molecule has 14 heteroatoms. The fourth-order valence-corrected chi connectivity index (χ4v) is 4.67. The first kappa shape index (κ1) is 37.3. The Balaban J connectivity index is 3.26. The van der Waals surface area contributed by atoms with Crippen molar-refractivity contribution in [3.05, 3.63) is 0 Å². The summed E-state index contributed by atoms with van der Waals surface area (Å²) >= 11 is 0. The molecule has 1 aliphatic rings. The molecule has 0 spiro atoms. The third kappa shape index (κ3) is 13.4. The highest BCUT2D eigenvalue weighted by atomic mass is 16.4. The summed E-state index contributed by atoms with van der Waals surface area (Å²) in [6.45, 7) is 11.8. The van der Waals surface area contributed by atoms with Crippen molar-refractivity contribution in [3.8, 4) is 0 Å². The molecule has 0 aromatic heterocycles. The highest BCUT2D eigenvalue weighted by molar-refractivity contribution is 5.98. The Bertz CT molecular complexity index is 1010. The number of carboxylic acid groups (broad SMARTS) is 2. The molecule has 14 nitrogen and oxygen atoms in total. The third-order valence-electron chi connectivity index (χ3n) is 7.21. The molecule has 1 fully saturated rings. The Morgan fingerprint density at radius 1 is 0.674 bits per heavy atom. The van der Waals surface area contributed by atoms with Gasteiger partial charge in [-0.25, -0.2) is 4.79 Å². The van der Waals surface area contributed by atoms with Crippen molar-refractivity contribution >= 4 is 41.5 Å². The first-order valence-corrected chi connectivity index (χ1v) is 15.0. The molecule has 5 atom stereocenters. The van der Waals surface area contributed by atoms with Crippen LogP contribution in [0.1, 0.15) is 86.5 Å². The third-order valence-corrected chi connectivity index (χ3v) is 7.21. The number of rotatable bonds is 18. The van der Waals surface area contributed by atoms with E-state index in [9.17, 15) is 43.8 Å². The van der Waals surface area contributed by atoms with E-state index in [4.69, 9.17) is 0 Å². The lowest BCUT2D eigenvalue weighted by Gasteiger charge is -2.28. The number of hydrogen-bond donors (Lipinski definition) is 6. The van der Waals surface area contributed by atoms with Crippen LogP contribution in [0, 0.1) is 17.8 Å². The molecule has 0 aliphatic carbocycles. The fourth-order valence-electron chi connectivity index (χ4n) is 4.67. The SMILES string of the molecule is CC[C@H](C)[C@H](NC(=O)CC(C)C)C(=O)N[C@@H](CC(=O)N1CCCC1)C(=O)N[C@@H](CC(=O)O)C(=O)N[C@@H](CC(C)C)C(=O)O. The minimum absolute atomic E-state index is 0.0378. The number of likely N-dealkylation sites (tertiary alicyclic amines) is 1. The Kier molecular flexibility index (Phi) is 15.7. The molecule has 1 saturated heterocycles. The Labute approximate surface area is 253 Å². The van der Waals surface area contributed by atoms with Gasteiger partial charge in [-0.15, -0.1) is 0 Å². The second kappa shape index (κ2) is 18.1. The number of carbonyl (C=O) groups excluding carboxylic acids is 5. The molecule has 0 saturated carbocycles. The minimum Gasteiger partial charge on any atom is -0.481 e. The van der Waals surface area contributed by atoms with Gasteiger partial charge in [0.25, 0.3) is 0 Å². The van der Waals surface area contributed by atoms with Gasteiger partial charge in [-0.05, 0) is 37.0 Å². The van der Waals surface area contributed by atoms with Gasteiger partial charge in [-0.3, -0.25) is 28.8 Å². The second-order valence-electron chi connectivity index (χ2n) is 12.1. The molecule has 0 radical (unpaired) electrons. The van der Waals surface area contributed by atoms with E-state index >= 15 is 0 Å². The van der Waals surface area contributed by atoms with Crippen molar-refractivity contribution in [2.45, 2.75) is 111 Å². The van der Waals surface area contributed by atoms with Crippen LogP contribution in [0.2, 0.25) is 0 Å². The zero-order chi connectivity index (χ0) is 32.9. The summed E-state index contributed by atoms with van der Waals surface area (Å²) in [5.74, 6) is -6.64. The molecule has 1 heterocycles. The van der Waals surface area contributed by atoms with E-state index in [2.05, 4.69) is 21.3 Å². The highest BCUT2D eigenvalue weighted by Gasteiger charge is 2.35. The first-order valence-electron chi connectivity index (χ1n) is 15.0. The van der Waals surface area contributed by atoms with Gasteiger partial charge in [-0.1, -0.05) is 48.0 Å². The van der Waals surface area contributed by atoms with E-state index in [0.29, 0.717) is 19.5 Å². The van der Waals surface area contributed by atoms with Gasteiger partial charge in [0.15, 0.2) is 0 Å². The predicted octanol–water partition coefficient (Wildman–Crippen LogP) is 0.636. The predicted molar refractivity (Wildman–Crippen MR) is 156 cm³/mol. The quantitative estimate of drug-likeness (QED) is 0.128. The largest absolute Gasteiger partial charge is 0.481 e. The Morgan fingerprint density at radius 2 is 1.19 bits per heavy atom. The number of hydrogen-bond acceptors (Lipinski definition) is 7. The molecule has 0 bridgehead atoms. The molecule has 6 N–H and O–H groups in total. The number of amides is 5. The van der Waals surface area contributed by atoms with Gasteiger partial charge < -0.3 is 36.4 Å². The van der Waals surface area contributed by atoms with E-state index < -0.39 is 72.6 Å². The molecular weight excluding hydrogens is 562 g/mol. The molecular formula is C29H49N5O9. The van der Waals surface area contributed by atoms with Crippen LogP contribution >= 0.6 is 0 Å². The van der Waals surface area contributed by atoms with Crippen LogP contribution < -0.4 is 21.3 Å². The first-order chi connectivity index (χ1) is 20.0. The van der Waals surface area contributed by atoms with Crippen LogP contribution in [0.25, 0.3) is 0 Å². The molecule has 0 aromatic rings. The summed E-state index contributed by atoms with van der Waals surface area (Å²) < 4.78 is 0. The fraction of sp³-hybridized carbons (Fsp3) is 0.759. The standard InChI is InChI=1S/C29H49N5O9/c1-7-18(6)25(33-22(35)13-17(4)5)28(41)31-19(14-23(36)34-10-8-9-11-34)26(39)30-20(15-24(37)38)27(40)32-21(29(42)43)12-16(2)3/h16-21,25H,7-15H2,1-6H3,(H,30,39)(H,31,41)(H,32,40)(H,33,35)(H,37,38)(H,42,43)/t18-,19-,20-,21-,25-/m0/s1.